The van der Waals surface area contributed by atoms with Gasteiger partial charge in [0.15, 0.2) is 11.6 Å². The van der Waals surface area contributed by atoms with Crippen LogP contribution in [0.4, 0.5) is 0 Å². The fraction of sp³-hybridized carbons (Fsp3) is 0.250. The number of nitrogens with zero attached hydrogens (tertiary/aromatic N) is 2. The number of Topliss-reactive ketones (excluding diaryl/α,β-unsaturated/α-hetero) is 2. The number of benzene rings is 1. The summed E-state index contributed by atoms with van der Waals surface area (Å²) in [7, 11) is 0. The maximum atomic E-state index is 13.3. The first-order chi connectivity index (χ1) is 14.7. The average Bonchev–Trinajstić information content (AvgIpc) is 3.27. The summed E-state index contributed by atoms with van der Waals surface area (Å²) in [5, 5.41) is 2.46. The van der Waals surface area contributed by atoms with Crippen LogP contribution in [0.1, 0.15) is 50.2 Å². The number of rotatable bonds is 5. The molecule has 0 radical (unpaired) electrons. The summed E-state index contributed by atoms with van der Waals surface area (Å²) in [5.74, 6) is -0.360. The fourth-order valence-electron chi connectivity index (χ4n) is 3.99. The van der Waals surface area contributed by atoms with Crippen LogP contribution in [0.3, 0.4) is 0 Å². The standard InChI is InChI=1S/C24H23N3O3S/c1-12-6-7-17(8-13(12)2)18-10-31-23-21(18)24(30)27(11-25-23)9-19(29)22-14(3)20(16(5)28)15(4)26-22/h6-8,10-11,26H,9H2,1-5H3. The Balaban J connectivity index is 1.76. The smallest absolute Gasteiger partial charge is 0.263 e. The van der Waals surface area contributed by atoms with E-state index in [0.29, 0.717) is 32.7 Å². The quantitative estimate of drug-likeness (QED) is 0.459. The number of aryl methyl sites for hydroxylation is 3. The van der Waals surface area contributed by atoms with Gasteiger partial charge < -0.3 is 4.98 Å². The molecule has 158 valence electrons. The monoisotopic (exact) mass is 433 g/mol. The summed E-state index contributed by atoms with van der Waals surface area (Å²) in [6, 6.07) is 6.10. The van der Waals surface area contributed by atoms with Crippen LogP contribution in [-0.2, 0) is 6.54 Å². The predicted octanol–water partition coefficient (Wildman–Crippen LogP) is 4.77. The number of hydrogen-bond acceptors (Lipinski definition) is 5. The third-order valence-corrected chi connectivity index (χ3v) is 6.65. The number of nitrogens with one attached hydrogen (secondary N) is 1. The van der Waals surface area contributed by atoms with Crippen LogP contribution < -0.4 is 5.56 Å². The third-order valence-electron chi connectivity index (χ3n) is 5.76. The van der Waals surface area contributed by atoms with E-state index in [1.54, 1.807) is 13.8 Å². The maximum Gasteiger partial charge on any atom is 0.263 e. The predicted molar refractivity (Wildman–Crippen MR) is 123 cm³/mol. The Morgan fingerprint density at radius 3 is 2.52 bits per heavy atom. The van der Waals surface area contributed by atoms with Gasteiger partial charge in [-0.05, 0) is 56.9 Å². The molecule has 0 unspecified atom stereocenters. The van der Waals surface area contributed by atoms with E-state index in [1.165, 1.54) is 34.7 Å². The lowest BCUT2D eigenvalue weighted by Gasteiger charge is -2.07. The topological polar surface area (TPSA) is 84.8 Å². The molecule has 3 heterocycles. The Hall–Kier alpha value is -3.32. The minimum Gasteiger partial charge on any atom is -0.355 e. The first-order valence-electron chi connectivity index (χ1n) is 9.96. The van der Waals surface area contributed by atoms with Crippen molar-refractivity contribution in [1.82, 2.24) is 14.5 Å². The van der Waals surface area contributed by atoms with E-state index < -0.39 is 0 Å². The maximum absolute atomic E-state index is 13.3. The second-order valence-corrected chi connectivity index (χ2v) is 8.77. The number of fused-ring (bicyclic) bond motifs is 1. The molecule has 0 aliphatic rings. The van der Waals surface area contributed by atoms with E-state index in [1.807, 2.05) is 31.4 Å². The molecular formula is C24H23N3O3S. The summed E-state index contributed by atoms with van der Waals surface area (Å²) >= 11 is 1.41. The van der Waals surface area contributed by atoms with Gasteiger partial charge in [0, 0.05) is 22.2 Å². The van der Waals surface area contributed by atoms with Crippen LogP contribution >= 0.6 is 11.3 Å². The van der Waals surface area contributed by atoms with Crippen LogP contribution in [0.15, 0.2) is 34.7 Å². The van der Waals surface area contributed by atoms with E-state index in [-0.39, 0.29) is 23.7 Å². The van der Waals surface area contributed by atoms with Gasteiger partial charge in [-0.15, -0.1) is 11.3 Å². The van der Waals surface area contributed by atoms with E-state index in [0.717, 1.165) is 16.7 Å². The van der Waals surface area contributed by atoms with Gasteiger partial charge in [0.05, 0.1) is 24.0 Å². The van der Waals surface area contributed by atoms with Crippen molar-refractivity contribution in [2.24, 2.45) is 0 Å². The first-order valence-corrected chi connectivity index (χ1v) is 10.8. The van der Waals surface area contributed by atoms with Crippen molar-refractivity contribution < 1.29 is 9.59 Å². The largest absolute Gasteiger partial charge is 0.355 e. The number of aromatic nitrogens is 3. The number of hydrogen-bond donors (Lipinski definition) is 1. The molecule has 31 heavy (non-hydrogen) atoms. The molecule has 0 saturated heterocycles. The summed E-state index contributed by atoms with van der Waals surface area (Å²) in [5.41, 5.74) is 6.02. The Morgan fingerprint density at radius 1 is 1.13 bits per heavy atom. The molecule has 0 aliphatic carbocycles. The highest BCUT2D eigenvalue weighted by Gasteiger charge is 2.21. The molecule has 0 fully saturated rings. The molecule has 0 bridgehead atoms. The van der Waals surface area contributed by atoms with E-state index in [2.05, 4.69) is 16.0 Å². The molecule has 1 N–H and O–H groups in total. The zero-order valence-electron chi connectivity index (χ0n) is 18.1. The Bertz CT molecular complexity index is 1420. The first kappa shape index (κ1) is 20.9. The zero-order valence-corrected chi connectivity index (χ0v) is 18.9. The number of carbonyl (C=O) groups excluding carboxylic acids is 2. The normalized spacial score (nSPS) is 11.3. The minimum absolute atomic E-state index is 0.0955. The van der Waals surface area contributed by atoms with Gasteiger partial charge >= 0.3 is 0 Å². The Kier molecular flexibility index (Phi) is 5.23. The summed E-state index contributed by atoms with van der Waals surface area (Å²) in [6.07, 6.45) is 1.42. The van der Waals surface area contributed by atoms with Crippen molar-refractivity contribution in [2.45, 2.75) is 41.2 Å². The van der Waals surface area contributed by atoms with Gasteiger partial charge in [0.2, 0.25) is 0 Å². The highest BCUT2D eigenvalue weighted by Crippen LogP contribution is 2.31. The van der Waals surface area contributed by atoms with Gasteiger partial charge in [-0.2, -0.15) is 0 Å². The lowest BCUT2D eigenvalue weighted by molar-refractivity contribution is 0.0965. The second kappa shape index (κ2) is 7.74. The molecule has 6 nitrogen and oxygen atoms in total. The van der Waals surface area contributed by atoms with Crippen molar-refractivity contribution in [3.05, 3.63) is 73.9 Å². The average molecular weight is 434 g/mol. The number of thiophene rings is 1. The van der Waals surface area contributed by atoms with E-state index in [9.17, 15) is 14.4 Å². The van der Waals surface area contributed by atoms with Crippen molar-refractivity contribution >= 4 is 33.1 Å². The molecule has 7 heteroatoms. The fourth-order valence-corrected chi connectivity index (χ4v) is 4.90. The molecule has 3 aromatic heterocycles. The molecule has 4 rings (SSSR count). The highest BCUT2D eigenvalue weighted by atomic mass is 32.1. The Morgan fingerprint density at radius 2 is 1.87 bits per heavy atom. The van der Waals surface area contributed by atoms with E-state index in [4.69, 9.17) is 0 Å². The molecule has 0 saturated carbocycles. The second-order valence-electron chi connectivity index (χ2n) is 7.91. The number of aromatic amines is 1. The van der Waals surface area contributed by atoms with Crippen LogP contribution in [0.5, 0.6) is 0 Å². The van der Waals surface area contributed by atoms with Crippen molar-refractivity contribution in [1.29, 1.82) is 0 Å². The lowest BCUT2D eigenvalue weighted by atomic mass is 10.0. The molecule has 0 atom stereocenters. The van der Waals surface area contributed by atoms with Gasteiger partial charge in [-0.3, -0.25) is 19.0 Å². The van der Waals surface area contributed by atoms with Crippen molar-refractivity contribution in [3.8, 4) is 11.1 Å². The summed E-state index contributed by atoms with van der Waals surface area (Å²) in [6.45, 7) is 8.92. The number of ketones is 2. The molecule has 0 spiro atoms. The molecule has 1 aromatic carbocycles. The SMILES string of the molecule is CC(=O)c1c(C)[nH]c(C(=O)Cn2cnc3scc(-c4ccc(C)c(C)c4)c3c2=O)c1C. The lowest BCUT2D eigenvalue weighted by Crippen LogP contribution is -2.25. The Labute approximate surface area is 183 Å². The summed E-state index contributed by atoms with van der Waals surface area (Å²) < 4.78 is 1.34. The molecule has 4 aromatic rings. The third kappa shape index (κ3) is 3.55. The van der Waals surface area contributed by atoms with Crippen LogP contribution in [-0.4, -0.2) is 26.1 Å². The van der Waals surface area contributed by atoms with Gasteiger partial charge in [0.25, 0.3) is 5.56 Å². The van der Waals surface area contributed by atoms with Gasteiger partial charge in [-0.25, -0.2) is 4.98 Å². The number of carbonyl (C=O) groups is 2. The summed E-state index contributed by atoms with van der Waals surface area (Å²) in [4.78, 5) is 46.2. The minimum atomic E-state index is -0.265. The van der Waals surface area contributed by atoms with Gasteiger partial charge in [0.1, 0.15) is 4.83 Å². The van der Waals surface area contributed by atoms with Crippen molar-refractivity contribution in [2.75, 3.05) is 0 Å². The van der Waals surface area contributed by atoms with Crippen molar-refractivity contribution in [3.63, 3.8) is 0 Å². The highest BCUT2D eigenvalue weighted by molar-refractivity contribution is 7.17. The zero-order chi connectivity index (χ0) is 22.4. The van der Waals surface area contributed by atoms with Crippen LogP contribution in [0.2, 0.25) is 0 Å². The van der Waals surface area contributed by atoms with E-state index >= 15 is 0 Å². The van der Waals surface area contributed by atoms with Crippen LogP contribution in [0, 0.1) is 27.7 Å². The van der Waals surface area contributed by atoms with Crippen LogP contribution in [0.25, 0.3) is 21.3 Å². The number of H-pyrrole nitrogens is 1. The molecule has 0 amide bonds. The van der Waals surface area contributed by atoms with Gasteiger partial charge in [-0.1, -0.05) is 18.2 Å². The molecule has 0 aliphatic heterocycles. The molecular weight excluding hydrogens is 410 g/mol.